The zero-order chi connectivity index (χ0) is 24.3. The number of anilines is 1. The van der Waals surface area contributed by atoms with E-state index < -0.39 is 10.0 Å². The topological polar surface area (TPSA) is 69.7 Å². The smallest absolute Gasteiger partial charge is 0.255 e. The highest BCUT2D eigenvalue weighted by atomic mass is 32.2. The van der Waals surface area contributed by atoms with Crippen LogP contribution in [0.1, 0.15) is 15.9 Å². The van der Waals surface area contributed by atoms with Crippen LogP contribution >= 0.6 is 0 Å². The highest BCUT2D eigenvalue weighted by Gasteiger charge is 2.28. The zero-order valence-electron chi connectivity index (χ0n) is 19.3. The normalized spacial score (nSPS) is 15.2. The Hall–Kier alpha value is -3.52. The van der Waals surface area contributed by atoms with Crippen molar-refractivity contribution in [1.29, 1.82) is 0 Å². The largest absolute Gasteiger partial charge is 0.322 e. The molecule has 0 aliphatic carbocycles. The molecule has 5 rings (SSSR count). The monoisotopic (exact) mass is 485 g/mol. The van der Waals surface area contributed by atoms with Gasteiger partial charge in [0.15, 0.2) is 0 Å². The number of fused-ring (bicyclic) bond motifs is 1. The summed E-state index contributed by atoms with van der Waals surface area (Å²) in [6.45, 7) is 2.96. The average molecular weight is 486 g/mol. The number of carbonyl (C=O) groups excluding carboxylic acids is 1. The van der Waals surface area contributed by atoms with Crippen molar-refractivity contribution in [2.24, 2.45) is 0 Å². The van der Waals surface area contributed by atoms with E-state index in [4.69, 9.17) is 0 Å². The summed E-state index contributed by atoms with van der Waals surface area (Å²) < 4.78 is 27.2. The maximum absolute atomic E-state index is 12.8. The molecule has 1 aliphatic rings. The standard InChI is InChI=1S/C28H27N3O3S/c32-28(29-26-15-14-23-6-4-5-7-25(23)20-26)24-12-10-22(11-13-24)21-30-16-18-31(19-17-30)35(33,34)27-8-2-1-3-9-27/h1-15,20H,16-19,21H2,(H,29,32). The number of nitrogens with one attached hydrogen (secondary N) is 1. The van der Waals surface area contributed by atoms with Gasteiger partial charge in [0.05, 0.1) is 4.90 Å². The molecule has 4 aromatic rings. The van der Waals surface area contributed by atoms with Crippen molar-refractivity contribution in [3.63, 3.8) is 0 Å². The first-order valence-electron chi connectivity index (χ1n) is 11.7. The van der Waals surface area contributed by atoms with E-state index in [0.29, 0.717) is 43.2 Å². The number of amides is 1. The van der Waals surface area contributed by atoms with Gasteiger partial charge in [0.2, 0.25) is 10.0 Å². The predicted octanol–water partition coefficient (Wildman–Crippen LogP) is 4.60. The Labute approximate surface area is 205 Å². The Morgan fingerprint density at radius 1 is 0.743 bits per heavy atom. The number of rotatable bonds is 6. The van der Waals surface area contributed by atoms with Crippen LogP contribution in [-0.2, 0) is 16.6 Å². The number of nitrogens with zero attached hydrogens (tertiary/aromatic N) is 2. The Balaban J connectivity index is 1.16. The van der Waals surface area contributed by atoms with Crippen LogP contribution in [0.2, 0.25) is 0 Å². The zero-order valence-corrected chi connectivity index (χ0v) is 20.1. The van der Waals surface area contributed by atoms with Gasteiger partial charge in [-0.25, -0.2) is 8.42 Å². The molecule has 35 heavy (non-hydrogen) atoms. The van der Waals surface area contributed by atoms with E-state index in [9.17, 15) is 13.2 Å². The van der Waals surface area contributed by atoms with Crippen LogP contribution in [0.25, 0.3) is 10.8 Å². The van der Waals surface area contributed by atoms with Gasteiger partial charge in [-0.3, -0.25) is 9.69 Å². The lowest BCUT2D eigenvalue weighted by atomic mass is 10.1. The van der Waals surface area contributed by atoms with Crippen LogP contribution in [0.4, 0.5) is 5.69 Å². The highest BCUT2D eigenvalue weighted by molar-refractivity contribution is 7.89. The first kappa shape index (κ1) is 23.2. The summed E-state index contributed by atoms with van der Waals surface area (Å²) in [5, 5.41) is 5.19. The summed E-state index contributed by atoms with van der Waals surface area (Å²) in [5.41, 5.74) is 2.45. The molecule has 6 nitrogen and oxygen atoms in total. The molecule has 4 aromatic carbocycles. The number of hydrogen-bond acceptors (Lipinski definition) is 4. The van der Waals surface area contributed by atoms with Crippen molar-refractivity contribution in [3.05, 3.63) is 108 Å². The second kappa shape index (κ2) is 10.00. The van der Waals surface area contributed by atoms with Crippen molar-refractivity contribution >= 4 is 32.4 Å². The molecule has 0 bridgehead atoms. The van der Waals surface area contributed by atoms with E-state index in [1.165, 1.54) is 0 Å². The number of piperazine rings is 1. The molecule has 7 heteroatoms. The van der Waals surface area contributed by atoms with Gasteiger partial charge < -0.3 is 5.32 Å². The van der Waals surface area contributed by atoms with E-state index in [1.54, 1.807) is 28.6 Å². The second-order valence-corrected chi connectivity index (χ2v) is 10.6. The molecule has 1 heterocycles. The molecule has 0 spiro atoms. The predicted molar refractivity (Wildman–Crippen MR) is 139 cm³/mol. The van der Waals surface area contributed by atoms with Gasteiger partial charge in [-0.05, 0) is 52.7 Å². The van der Waals surface area contributed by atoms with Crippen LogP contribution in [0.5, 0.6) is 0 Å². The van der Waals surface area contributed by atoms with Gasteiger partial charge in [-0.15, -0.1) is 0 Å². The van der Waals surface area contributed by atoms with Gasteiger partial charge in [0.1, 0.15) is 0 Å². The molecule has 0 saturated carbocycles. The third-order valence-electron chi connectivity index (χ3n) is 6.34. The molecule has 0 aromatic heterocycles. The third kappa shape index (κ3) is 5.27. The Morgan fingerprint density at radius 3 is 2.11 bits per heavy atom. The summed E-state index contributed by atoms with van der Waals surface area (Å²) in [5.74, 6) is -0.147. The van der Waals surface area contributed by atoms with Crippen molar-refractivity contribution in [1.82, 2.24) is 9.21 Å². The molecular formula is C28H27N3O3S. The molecule has 178 valence electrons. The Bertz CT molecular complexity index is 1430. The van der Waals surface area contributed by atoms with Crippen LogP contribution in [0.15, 0.2) is 102 Å². The van der Waals surface area contributed by atoms with E-state index in [1.807, 2.05) is 72.8 Å². The minimum atomic E-state index is -3.45. The van der Waals surface area contributed by atoms with E-state index in [0.717, 1.165) is 22.0 Å². The Morgan fingerprint density at radius 2 is 1.40 bits per heavy atom. The van der Waals surface area contributed by atoms with Crippen molar-refractivity contribution in [2.45, 2.75) is 11.4 Å². The Kier molecular flexibility index (Phi) is 6.63. The number of carbonyl (C=O) groups is 1. The summed E-state index contributed by atoms with van der Waals surface area (Å²) in [7, 11) is -3.45. The lowest BCUT2D eigenvalue weighted by Gasteiger charge is -2.34. The molecule has 0 unspecified atom stereocenters. The minimum absolute atomic E-state index is 0.147. The van der Waals surface area contributed by atoms with E-state index >= 15 is 0 Å². The first-order chi connectivity index (χ1) is 17.0. The molecule has 1 fully saturated rings. The summed E-state index contributed by atoms with van der Waals surface area (Å²) in [6.07, 6.45) is 0. The second-order valence-electron chi connectivity index (χ2n) is 8.71. The summed E-state index contributed by atoms with van der Waals surface area (Å²) in [4.78, 5) is 15.3. The average Bonchev–Trinajstić information content (AvgIpc) is 2.90. The van der Waals surface area contributed by atoms with Crippen LogP contribution in [0, 0.1) is 0 Å². The first-order valence-corrected chi connectivity index (χ1v) is 13.1. The van der Waals surface area contributed by atoms with Crippen molar-refractivity contribution < 1.29 is 13.2 Å². The number of benzene rings is 4. The fourth-order valence-electron chi connectivity index (χ4n) is 4.36. The molecular weight excluding hydrogens is 458 g/mol. The van der Waals surface area contributed by atoms with Gasteiger partial charge in [-0.2, -0.15) is 4.31 Å². The van der Waals surface area contributed by atoms with Gasteiger partial charge >= 0.3 is 0 Å². The number of hydrogen-bond donors (Lipinski definition) is 1. The lowest BCUT2D eigenvalue weighted by molar-refractivity contribution is 0.102. The van der Waals surface area contributed by atoms with E-state index in [-0.39, 0.29) is 5.91 Å². The molecule has 1 aliphatic heterocycles. The van der Waals surface area contributed by atoms with Gasteiger partial charge in [-0.1, -0.05) is 60.7 Å². The highest BCUT2D eigenvalue weighted by Crippen LogP contribution is 2.21. The van der Waals surface area contributed by atoms with Crippen molar-refractivity contribution in [2.75, 3.05) is 31.5 Å². The SMILES string of the molecule is O=C(Nc1ccc2ccccc2c1)c1ccc(CN2CCN(S(=O)(=O)c3ccccc3)CC2)cc1. The lowest BCUT2D eigenvalue weighted by Crippen LogP contribution is -2.48. The van der Waals surface area contributed by atoms with Crippen LogP contribution in [0.3, 0.4) is 0 Å². The fraction of sp³-hybridized carbons (Fsp3) is 0.179. The van der Waals surface area contributed by atoms with Crippen LogP contribution in [-0.4, -0.2) is 49.7 Å². The third-order valence-corrected chi connectivity index (χ3v) is 8.25. The van der Waals surface area contributed by atoms with Crippen molar-refractivity contribution in [3.8, 4) is 0 Å². The fourth-order valence-corrected chi connectivity index (χ4v) is 5.80. The van der Waals surface area contributed by atoms with E-state index in [2.05, 4.69) is 10.2 Å². The summed E-state index contributed by atoms with van der Waals surface area (Å²) >= 11 is 0. The minimum Gasteiger partial charge on any atom is -0.322 e. The quantitative estimate of drug-likeness (QED) is 0.433. The molecule has 1 saturated heterocycles. The molecule has 0 radical (unpaired) electrons. The maximum atomic E-state index is 12.8. The van der Waals surface area contributed by atoms with Gasteiger partial charge in [0.25, 0.3) is 5.91 Å². The molecule has 1 amide bonds. The molecule has 0 atom stereocenters. The van der Waals surface area contributed by atoms with Crippen LogP contribution < -0.4 is 5.32 Å². The number of sulfonamides is 1. The van der Waals surface area contributed by atoms with Gasteiger partial charge in [0, 0.05) is 44.0 Å². The summed E-state index contributed by atoms with van der Waals surface area (Å²) in [6, 6.07) is 30.1. The molecule has 1 N–H and O–H groups in total. The maximum Gasteiger partial charge on any atom is 0.255 e.